The topological polar surface area (TPSA) is 94.1 Å². The molecule has 30 heavy (non-hydrogen) atoms. The van der Waals surface area contributed by atoms with Crippen LogP contribution in [0.4, 0.5) is 5.82 Å². The molecule has 0 amide bonds. The summed E-state index contributed by atoms with van der Waals surface area (Å²) in [5.41, 5.74) is 2.10. The molecule has 0 aliphatic carbocycles. The maximum Gasteiger partial charge on any atom is 0.191 e. The molecule has 156 valence electrons. The van der Waals surface area contributed by atoms with E-state index in [-0.39, 0.29) is 6.04 Å². The predicted octanol–water partition coefficient (Wildman–Crippen LogP) is 2.85. The summed E-state index contributed by atoms with van der Waals surface area (Å²) >= 11 is 6.30. The second kappa shape index (κ2) is 9.58. The van der Waals surface area contributed by atoms with Crippen LogP contribution in [0.3, 0.4) is 0 Å². The van der Waals surface area contributed by atoms with Crippen molar-refractivity contribution in [1.29, 1.82) is 0 Å². The summed E-state index contributed by atoms with van der Waals surface area (Å²) in [6.07, 6.45) is 4.29. The smallest absolute Gasteiger partial charge is 0.191 e. The fourth-order valence-electron chi connectivity index (χ4n) is 3.53. The number of H-pyrrole nitrogens is 1. The molecule has 1 saturated heterocycles. The van der Waals surface area contributed by atoms with Crippen molar-refractivity contribution < 1.29 is 0 Å². The lowest BCUT2D eigenvalue weighted by atomic mass is 10.1. The Morgan fingerprint density at radius 3 is 3.03 bits per heavy atom. The van der Waals surface area contributed by atoms with Crippen LogP contribution in [0.1, 0.15) is 18.9 Å². The van der Waals surface area contributed by atoms with Gasteiger partial charge >= 0.3 is 0 Å². The van der Waals surface area contributed by atoms with Crippen LogP contribution in [-0.4, -0.2) is 51.8 Å². The average molecular weight is 425 g/mol. The number of aromatic nitrogens is 4. The third-order valence-electron chi connectivity index (χ3n) is 4.95. The van der Waals surface area contributed by atoms with Crippen molar-refractivity contribution >= 4 is 23.4 Å². The van der Waals surface area contributed by atoms with Crippen molar-refractivity contribution in [3.63, 3.8) is 0 Å². The Kier molecular flexibility index (Phi) is 6.44. The SMILES string of the molecule is CCNC(=NCc1cccc(-c2ncn[nH]2)c1)NC1CCN(c2ncccc2Cl)C1. The summed E-state index contributed by atoms with van der Waals surface area (Å²) in [5.74, 6) is 2.40. The van der Waals surface area contributed by atoms with Gasteiger partial charge in [-0.15, -0.1) is 0 Å². The molecule has 2 aromatic heterocycles. The number of hydrogen-bond donors (Lipinski definition) is 3. The zero-order valence-electron chi connectivity index (χ0n) is 16.8. The van der Waals surface area contributed by atoms with Gasteiger partial charge in [-0.05, 0) is 37.1 Å². The zero-order chi connectivity index (χ0) is 20.8. The number of aromatic amines is 1. The molecule has 4 rings (SSSR count). The number of nitrogens with one attached hydrogen (secondary N) is 3. The van der Waals surface area contributed by atoms with E-state index in [1.165, 1.54) is 6.33 Å². The summed E-state index contributed by atoms with van der Waals surface area (Å²) in [5, 5.41) is 14.4. The summed E-state index contributed by atoms with van der Waals surface area (Å²) in [7, 11) is 0. The largest absolute Gasteiger partial charge is 0.357 e. The van der Waals surface area contributed by atoms with Gasteiger partial charge in [-0.1, -0.05) is 29.8 Å². The van der Waals surface area contributed by atoms with Crippen LogP contribution in [0.25, 0.3) is 11.4 Å². The van der Waals surface area contributed by atoms with Crippen LogP contribution in [0.2, 0.25) is 5.02 Å². The van der Waals surface area contributed by atoms with Gasteiger partial charge in [-0.25, -0.2) is 15.0 Å². The number of benzene rings is 1. The van der Waals surface area contributed by atoms with E-state index in [1.54, 1.807) is 6.20 Å². The van der Waals surface area contributed by atoms with Gasteiger partial charge in [0.05, 0.1) is 11.6 Å². The second-order valence-electron chi connectivity index (χ2n) is 7.11. The van der Waals surface area contributed by atoms with E-state index in [2.05, 4.69) is 54.8 Å². The van der Waals surface area contributed by atoms with E-state index < -0.39 is 0 Å². The number of rotatable bonds is 6. The standard InChI is InChI=1S/C21H25ClN8/c1-2-23-21(25-12-15-5-3-6-16(11-15)19-26-14-27-29-19)28-17-8-10-30(13-17)20-18(22)7-4-9-24-20/h3-7,9,11,14,17H,2,8,10,12-13H2,1H3,(H2,23,25,28)(H,26,27,29). The number of hydrogen-bond acceptors (Lipinski definition) is 5. The summed E-state index contributed by atoms with van der Waals surface area (Å²) in [6.45, 7) is 5.18. The highest BCUT2D eigenvalue weighted by atomic mass is 35.5. The van der Waals surface area contributed by atoms with Crippen LogP contribution in [-0.2, 0) is 6.54 Å². The van der Waals surface area contributed by atoms with Crippen LogP contribution in [0.5, 0.6) is 0 Å². The van der Waals surface area contributed by atoms with Gasteiger partial charge in [0.25, 0.3) is 0 Å². The van der Waals surface area contributed by atoms with Gasteiger partial charge in [0.1, 0.15) is 12.1 Å². The molecule has 3 heterocycles. The minimum Gasteiger partial charge on any atom is -0.357 e. The minimum absolute atomic E-state index is 0.279. The highest BCUT2D eigenvalue weighted by Crippen LogP contribution is 2.25. The quantitative estimate of drug-likeness (QED) is 0.416. The molecule has 0 spiro atoms. The fraction of sp³-hybridized carbons (Fsp3) is 0.333. The first-order valence-corrected chi connectivity index (χ1v) is 10.5. The minimum atomic E-state index is 0.279. The Balaban J connectivity index is 1.40. The second-order valence-corrected chi connectivity index (χ2v) is 7.52. The Morgan fingerprint density at radius 2 is 2.23 bits per heavy atom. The number of aliphatic imine (C=N–C) groups is 1. The molecule has 8 nitrogen and oxygen atoms in total. The van der Waals surface area contributed by atoms with Gasteiger partial charge in [0, 0.05) is 37.4 Å². The van der Waals surface area contributed by atoms with E-state index in [4.69, 9.17) is 16.6 Å². The van der Waals surface area contributed by atoms with Crippen molar-refractivity contribution in [2.75, 3.05) is 24.5 Å². The third kappa shape index (κ3) is 4.88. The monoisotopic (exact) mass is 424 g/mol. The first kappa shape index (κ1) is 20.2. The first-order chi connectivity index (χ1) is 14.7. The van der Waals surface area contributed by atoms with Crippen molar-refractivity contribution in [2.45, 2.75) is 25.9 Å². The lowest BCUT2D eigenvalue weighted by Crippen LogP contribution is -2.44. The van der Waals surface area contributed by atoms with Crippen molar-refractivity contribution in [1.82, 2.24) is 30.8 Å². The number of anilines is 1. The van der Waals surface area contributed by atoms with Crippen LogP contribution in [0.15, 0.2) is 53.9 Å². The van der Waals surface area contributed by atoms with Crippen molar-refractivity contribution in [3.05, 3.63) is 59.5 Å². The molecule has 1 aliphatic rings. The molecular weight excluding hydrogens is 400 g/mol. The van der Waals surface area contributed by atoms with Gasteiger partial charge in [0.2, 0.25) is 0 Å². The molecular formula is C21H25ClN8. The van der Waals surface area contributed by atoms with Gasteiger partial charge < -0.3 is 15.5 Å². The number of pyridine rings is 1. The van der Waals surface area contributed by atoms with E-state index >= 15 is 0 Å². The third-order valence-corrected chi connectivity index (χ3v) is 5.24. The number of halogens is 1. The Bertz CT molecular complexity index is 988. The molecule has 1 fully saturated rings. The Labute approximate surface area is 180 Å². The van der Waals surface area contributed by atoms with Crippen molar-refractivity contribution in [2.24, 2.45) is 4.99 Å². The highest BCUT2D eigenvalue weighted by Gasteiger charge is 2.25. The summed E-state index contributed by atoms with van der Waals surface area (Å²) < 4.78 is 0. The van der Waals surface area contributed by atoms with Gasteiger partial charge in [-0.2, -0.15) is 5.10 Å². The molecule has 1 atom stereocenters. The van der Waals surface area contributed by atoms with Crippen LogP contribution in [0, 0.1) is 0 Å². The Hall–Kier alpha value is -3.13. The molecule has 0 bridgehead atoms. The molecule has 1 aliphatic heterocycles. The maximum atomic E-state index is 6.30. The Morgan fingerprint density at radius 1 is 1.30 bits per heavy atom. The zero-order valence-corrected chi connectivity index (χ0v) is 17.6. The average Bonchev–Trinajstić information content (AvgIpc) is 3.45. The lowest BCUT2D eigenvalue weighted by Gasteiger charge is -2.20. The van der Waals surface area contributed by atoms with Crippen LogP contribution < -0.4 is 15.5 Å². The summed E-state index contributed by atoms with van der Waals surface area (Å²) in [6, 6.07) is 12.2. The fourth-order valence-corrected chi connectivity index (χ4v) is 3.77. The van der Waals surface area contributed by atoms with Crippen LogP contribution >= 0.6 is 11.6 Å². The molecule has 0 saturated carbocycles. The number of nitrogens with zero attached hydrogens (tertiary/aromatic N) is 5. The predicted molar refractivity (Wildman–Crippen MR) is 120 cm³/mol. The molecule has 1 aromatic carbocycles. The first-order valence-electron chi connectivity index (χ1n) is 10.1. The summed E-state index contributed by atoms with van der Waals surface area (Å²) in [4.78, 5) is 15.6. The molecule has 3 N–H and O–H groups in total. The van der Waals surface area contributed by atoms with Gasteiger partial charge in [-0.3, -0.25) is 5.10 Å². The molecule has 9 heteroatoms. The molecule has 0 radical (unpaired) electrons. The van der Waals surface area contributed by atoms with E-state index in [0.717, 1.165) is 54.8 Å². The molecule has 1 unspecified atom stereocenters. The van der Waals surface area contributed by atoms with E-state index in [9.17, 15) is 0 Å². The highest BCUT2D eigenvalue weighted by molar-refractivity contribution is 6.32. The van der Waals surface area contributed by atoms with E-state index in [0.29, 0.717) is 11.6 Å². The maximum absolute atomic E-state index is 6.30. The molecule has 3 aromatic rings. The number of guanidine groups is 1. The lowest BCUT2D eigenvalue weighted by molar-refractivity contribution is 0.649. The van der Waals surface area contributed by atoms with Crippen molar-refractivity contribution in [3.8, 4) is 11.4 Å². The normalized spacial score (nSPS) is 16.7. The van der Waals surface area contributed by atoms with Gasteiger partial charge in [0.15, 0.2) is 11.8 Å². The van der Waals surface area contributed by atoms with E-state index in [1.807, 2.05) is 24.3 Å².